The lowest BCUT2D eigenvalue weighted by Crippen LogP contribution is -2.34. The summed E-state index contributed by atoms with van der Waals surface area (Å²) in [4.78, 5) is 10.1. The van der Waals surface area contributed by atoms with Gasteiger partial charge in [0.2, 0.25) is 0 Å². The molecule has 23 heavy (non-hydrogen) atoms. The number of nitrogens with zero attached hydrogens (tertiary/aromatic N) is 3. The van der Waals surface area contributed by atoms with Crippen LogP contribution in [0.2, 0.25) is 4.34 Å². The largest absolute Gasteiger partial charge is 0.332 e. The molecule has 3 heterocycles. The first-order valence-corrected chi connectivity index (χ1v) is 9.06. The van der Waals surface area contributed by atoms with E-state index in [1.54, 1.807) is 0 Å². The zero-order valence-electron chi connectivity index (χ0n) is 12.0. The Labute approximate surface area is 152 Å². The number of nitrogens with two attached hydrogens (primary N) is 1. The molecule has 0 aromatic carbocycles. The highest BCUT2D eigenvalue weighted by atomic mass is 35.5. The van der Waals surface area contributed by atoms with E-state index in [0.29, 0.717) is 17.4 Å². The number of halogens is 2. The third kappa shape index (κ3) is 3.16. The highest BCUT2D eigenvalue weighted by molar-refractivity contribution is 7.23. The summed E-state index contributed by atoms with van der Waals surface area (Å²) in [5, 5.41) is 6.88. The van der Waals surface area contributed by atoms with Crippen LogP contribution in [-0.2, 0) is 5.54 Å². The number of aromatic nitrogens is 3. The van der Waals surface area contributed by atoms with Crippen molar-refractivity contribution in [3.05, 3.63) is 27.7 Å². The van der Waals surface area contributed by atoms with E-state index in [0.717, 1.165) is 39.9 Å². The fraction of sp³-hybridized carbons (Fsp3) is 0.357. The van der Waals surface area contributed by atoms with Crippen LogP contribution < -0.4 is 5.73 Å². The van der Waals surface area contributed by atoms with Crippen molar-refractivity contribution in [2.24, 2.45) is 5.73 Å². The first-order valence-electron chi connectivity index (χ1n) is 6.99. The van der Waals surface area contributed by atoms with Crippen LogP contribution in [0.25, 0.3) is 21.5 Å². The normalized spacial score (nSPS) is 16.4. The van der Waals surface area contributed by atoms with Gasteiger partial charge in [-0.1, -0.05) is 29.6 Å². The first kappa shape index (κ1) is 16.9. The summed E-state index contributed by atoms with van der Waals surface area (Å²) in [6.45, 7) is 0. The third-order valence-corrected chi connectivity index (χ3v) is 6.12. The Balaban J connectivity index is 0.00000156. The number of thiophene rings is 1. The van der Waals surface area contributed by atoms with Crippen LogP contribution in [0, 0.1) is 0 Å². The quantitative estimate of drug-likeness (QED) is 0.701. The summed E-state index contributed by atoms with van der Waals surface area (Å²) in [5.74, 6) is 1.02. The molecule has 3 aromatic heterocycles. The highest BCUT2D eigenvalue weighted by Gasteiger charge is 2.36. The summed E-state index contributed by atoms with van der Waals surface area (Å²) >= 11 is 9.00. The Kier molecular flexibility index (Phi) is 4.75. The second-order valence-corrected chi connectivity index (χ2v) is 8.00. The molecule has 4 rings (SSSR count). The average molecular weight is 389 g/mol. The van der Waals surface area contributed by atoms with Crippen molar-refractivity contribution in [2.45, 2.75) is 31.2 Å². The fourth-order valence-electron chi connectivity index (χ4n) is 2.67. The smallest absolute Gasteiger partial charge is 0.277 e. The van der Waals surface area contributed by atoms with Crippen molar-refractivity contribution in [1.82, 2.24) is 15.1 Å². The van der Waals surface area contributed by atoms with Crippen LogP contribution in [0.3, 0.4) is 0 Å². The predicted octanol–water partition coefficient (Wildman–Crippen LogP) is 4.72. The highest BCUT2D eigenvalue weighted by Crippen LogP contribution is 2.37. The monoisotopic (exact) mass is 388 g/mol. The Morgan fingerprint density at radius 1 is 1.22 bits per heavy atom. The lowest BCUT2D eigenvalue weighted by atomic mass is 9.99. The van der Waals surface area contributed by atoms with Crippen molar-refractivity contribution in [1.29, 1.82) is 0 Å². The van der Waals surface area contributed by atoms with Gasteiger partial charge in [0.15, 0.2) is 5.82 Å². The van der Waals surface area contributed by atoms with E-state index in [2.05, 4.69) is 15.1 Å². The van der Waals surface area contributed by atoms with Gasteiger partial charge in [-0.3, -0.25) is 0 Å². The molecule has 0 atom stereocenters. The van der Waals surface area contributed by atoms with E-state index in [1.807, 2.05) is 17.5 Å². The van der Waals surface area contributed by atoms with E-state index >= 15 is 0 Å². The average Bonchev–Trinajstić information content (AvgIpc) is 3.25. The second kappa shape index (κ2) is 6.49. The summed E-state index contributed by atoms with van der Waals surface area (Å²) < 4.78 is 6.11. The maximum absolute atomic E-state index is 6.36. The van der Waals surface area contributed by atoms with Crippen LogP contribution in [0.5, 0.6) is 0 Å². The lowest BCUT2D eigenvalue weighted by molar-refractivity contribution is 0.372. The molecule has 0 saturated heterocycles. The minimum Gasteiger partial charge on any atom is -0.332 e. The van der Waals surface area contributed by atoms with Crippen molar-refractivity contribution in [3.8, 4) is 21.5 Å². The van der Waals surface area contributed by atoms with Gasteiger partial charge in [0, 0.05) is 5.38 Å². The topological polar surface area (TPSA) is 77.8 Å². The standard InChI is InChI=1S/C14H13ClN4OS2.ClH/c15-10-4-3-9(22-10)12-17-8(7-21-12)11-18-13(19-20-11)14(16)5-1-2-6-14;/h3-4,7H,1-2,5-6,16H2;1H. The van der Waals surface area contributed by atoms with Crippen molar-refractivity contribution < 1.29 is 4.52 Å². The molecule has 2 N–H and O–H groups in total. The van der Waals surface area contributed by atoms with Crippen molar-refractivity contribution in [2.75, 3.05) is 0 Å². The molecule has 1 fully saturated rings. The molecule has 5 nitrogen and oxygen atoms in total. The van der Waals surface area contributed by atoms with Crippen LogP contribution in [0.4, 0.5) is 0 Å². The molecular weight excluding hydrogens is 375 g/mol. The second-order valence-electron chi connectivity index (χ2n) is 5.43. The minimum absolute atomic E-state index is 0. The molecular formula is C14H14Cl2N4OS2. The van der Waals surface area contributed by atoms with Gasteiger partial charge in [0.1, 0.15) is 10.7 Å². The summed E-state index contributed by atoms with van der Waals surface area (Å²) in [7, 11) is 0. The molecule has 0 bridgehead atoms. The predicted molar refractivity (Wildman–Crippen MR) is 95.3 cm³/mol. The number of hydrogen-bond donors (Lipinski definition) is 1. The molecule has 3 aromatic rings. The molecule has 1 saturated carbocycles. The van der Waals surface area contributed by atoms with E-state index in [4.69, 9.17) is 21.9 Å². The van der Waals surface area contributed by atoms with Crippen LogP contribution >= 0.6 is 46.7 Å². The molecule has 0 radical (unpaired) electrons. The van der Waals surface area contributed by atoms with E-state index in [-0.39, 0.29) is 12.4 Å². The van der Waals surface area contributed by atoms with Gasteiger partial charge in [-0.15, -0.1) is 35.1 Å². The zero-order chi connectivity index (χ0) is 15.2. The molecule has 0 unspecified atom stereocenters. The number of rotatable bonds is 3. The van der Waals surface area contributed by atoms with Gasteiger partial charge in [-0.05, 0) is 25.0 Å². The molecule has 9 heteroatoms. The molecule has 0 aliphatic heterocycles. The maximum atomic E-state index is 6.36. The van der Waals surface area contributed by atoms with Gasteiger partial charge in [-0.2, -0.15) is 4.98 Å². The Hall–Kier alpha value is -0.990. The van der Waals surface area contributed by atoms with Gasteiger partial charge >= 0.3 is 0 Å². The molecule has 0 spiro atoms. The van der Waals surface area contributed by atoms with E-state index in [9.17, 15) is 0 Å². The summed E-state index contributed by atoms with van der Waals surface area (Å²) in [6, 6.07) is 3.83. The number of hydrogen-bond acceptors (Lipinski definition) is 7. The van der Waals surface area contributed by atoms with Gasteiger partial charge in [0.05, 0.1) is 14.8 Å². The minimum atomic E-state index is -0.443. The first-order chi connectivity index (χ1) is 10.6. The maximum Gasteiger partial charge on any atom is 0.277 e. The summed E-state index contributed by atoms with van der Waals surface area (Å²) in [6.07, 6.45) is 4.03. The van der Waals surface area contributed by atoms with E-state index in [1.165, 1.54) is 22.7 Å². The van der Waals surface area contributed by atoms with E-state index < -0.39 is 5.54 Å². The van der Waals surface area contributed by atoms with Crippen LogP contribution in [0.1, 0.15) is 31.5 Å². The zero-order valence-corrected chi connectivity index (χ0v) is 15.2. The Bertz CT molecular complexity index is 807. The van der Waals surface area contributed by atoms with Gasteiger partial charge in [-0.25, -0.2) is 4.98 Å². The Morgan fingerprint density at radius 3 is 2.70 bits per heavy atom. The summed E-state index contributed by atoms with van der Waals surface area (Å²) in [5.41, 5.74) is 6.60. The molecule has 1 aliphatic carbocycles. The van der Waals surface area contributed by atoms with Gasteiger partial charge in [0.25, 0.3) is 5.89 Å². The molecule has 0 amide bonds. The number of thiazole rings is 1. The van der Waals surface area contributed by atoms with Crippen molar-refractivity contribution in [3.63, 3.8) is 0 Å². The SMILES string of the molecule is Cl.NC1(c2noc(-c3csc(-c4ccc(Cl)s4)n3)n2)CCCC1. The van der Waals surface area contributed by atoms with Crippen molar-refractivity contribution >= 4 is 46.7 Å². The van der Waals surface area contributed by atoms with Crippen LogP contribution in [-0.4, -0.2) is 15.1 Å². The lowest BCUT2D eigenvalue weighted by Gasteiger charge is -2.17. The van der Waals surface area contributed by atoms with Gasteiger partial charge < -0.3 is 10.3 Å². The third-order valence-electron chi connectivity index (χ3n) is 3.87. The fourth-order valence-corrected chi connectivity index (χ4v) is 4.58. The molecule has 1 aliphatic rings. The van der Waals surface area contributed by atoms with Crippen LogP contribution in [0.15, 0.2) is 22.0 Å². The molecule has 122 valence electrons. The Morgan fingerprint density at radius 2 is 2.00 bits per heavy atom.